The molecule has 1 heterocycles. The summed E-state index contributed by atoms with van der Waals surface area (Å²) in [6, 6.07) is 6.11. The molecule has 1 fully saturated rings. The molecule has 1 unspecified atom stereocenters. The lowest BCUT2D eigenvalue weighted by molar-refractivity contribution is -0.121. The average Bonchev–Trinajstić information content (AvgIpc) is 2.99. The fourth-order valence-electron chi connectivity index (χ4n) is 2.48. The number of carbonyl (C=O) groups excluding carboxylic acids is 1. The van der Waals surface area contributed by atoms with Crippen LogP contribution in [-0.4, -0.2) is 38.8 Å². The van der Waals surface area contributed by atoms with Gasteiger partial charge in [-0.15, -0.1) is 0 Å². The van der Waals surface area contributed by atoms with Crippen LogP contribution < -0.4 is 20.1 Å². The van der Waals surface area contributed by atoms with Gasteiger partial charge in [-0.05, 0) is 44.0 Å². The smallest absolute Gasteiger partial charge is 0.220 e. The molecule has 5 nitrogen and oxygen atoms in total. The van der Waals surface area contributed by atoms with E-state index in [1.807, 2.05) is 25.1 Å². The van der Waals surface area contributed by atoms with Crippen molar-refractivity contribution in [2.24, 2.45) is 0 Å². The summed E-state index contributed by atoms with van der Waals surface area (Å²) >= 11 is 0. The zero-order valence-corrected chi connectivity index (χ0v) is 12.8. The Kier molecular flexibility index (Phi) is 5.87. The molecule has 0 saturated carbocycles. The van der Waals surface area contributed by atoms with Crippen LogP contribution in [0, 0.1) is 0 Å². The molecule has 2 rings (SSSR count). The van der Waals surface area contributed by atoms with E-state index < -0.39 is 0 Å². The number of amides is 1. The van der Waals surface area contributed by atoms with E-state index in [0.29, 0.717) is 19.4 Å². The van der Waals surface area contributed by atoms with E-state index >= 15 is 0 Å². The first-order valence-corrected chi connectivity index (χ1v) is 7.52. The van der Waals surface area contributed by atoms with Gasteiger partial charge in [0.15, 0.2) is 11.5 Å². The Bertz CT molecular complexity index is 471. The van der Waals surface area contributed by atoms with Crippen molar-refractivity contribution in [3.05, 3.63) is 23.8 Å². The van der Waals surface area contributed by atoms with Gasteiger partial charge in [0.1, 0.15) is 0 Å². The Morgan fingerprint density at radius 2 is 2.29 bits per heavy atom. The van der Waals surface area contributed by atoms with Gasteiger partial charge >= 0.3 is 0 Å². The van der Waals surface area contributed by atoms with Crippen LogP contribution >= 0.6 is 0 Å². The lowest BCUT2D eigenvalue weighted by Crippen LogP contribution is -2.36. The summed E-state index contributed by atoms with van der Waals surface area (Å²) in [5.74, 6) is 1.57. The second kappa shape index (κ2) is 7.88. The first-order chi connectivity index (χ1) is 10.2. The zero-order chi connectivity index (χ0) is 15.1. The third-order valence-corrected chi connectivity index (χ3v) is 3.59. The number of ether oxygens (including phenoxy) is 2. The monoisotopic (exact) mass is 292 g/mol. The minimum atomic E-state index is 0.108. The van der Waals surface area contributed by atoms with Crippen molar-refractivity contribution in [2.45, 2.75) is 32.2 Å². The van der Waals surface area contributed by atoms with Gasteiger partial charge in [-0.3, -0.25) is 4.79 Å². The Hall–Kier alpha value is -1.75. The molecule has 1 aliphatic heterocycles. The van der Waals surface area contributed by atoms with Gasteiger partial charge in [0, 0.05) is 19.0 Å². The fraction of sp³-hybridized carbons (Fsp3) is 0.562. The summed E-state index contributed by atoms with van der Waals surface area (Å²) in [6.07, 6.45) is 2.21. The number of hydrogen-bond donors (Lipinski definition) is 2. The Morgan fingerprint density at radius 3 is 2.95 bits per heavy atom. The molecule has 1 atom stereocenters. The van der Waals surface area contributed by atoms with Gasteiger partial charge in [0.05, 0.1) is 13.7 Å². The van der Waals surface area contributed by atoms with E-state index in [4.69, 9.17) is 9.47 Å². The third-order valence-electron chi connectivity index (χ3n) is 3.59. The highest BCUT2D eigenvalue weighted by molar-refractivity contribution is 5.76. The Labute approximate surface area is 126 Å². The van der Waals surface area contributed by atoms with Crippen molar-refractivity contribution >= 4 is 5.91 Å². The van der Waals surface area contributed by atoms with Gasteiger partial charge in [0.25, 0.3) is 0 Å². The maximum Gasteiger partial charge on any atom is 0.220 e. The molecule has 21 heavy (non-hydrogen) atoms. The molecule has 1 aliphatic rings. The number of carbonyl (C=O) groups is 1. The van der Waals surface area contributed by atoms with Gasteiger partial charge in [-0.1, -0.05) is 6.07 Å². The van der Waals surface area contributed by atoms with Crippen LogP contribution in [-0.2, 0) is 11.2 Å². The first-order valence-electron chi connectivity index (χ1n) is 7.52. The number of nitrogens with one attached hydrogen (secondary N) is 2. The molecule has 2 N–H and O–H groups in total. The fourth-order valence-corrected chi connectivity index (χ4v) is 2.48. The molecular formula is C16H24N2O3. The highest BCUT2D eigenvalue weighted by Crippen LogP contribution is 2.28. The zero-order valence-electron chi connectivity index (χ0n) is 12.8. The molecule has 1 saturated heterocycles. The van der Waals surface area contributed by atoms with E-state index in [-0.39, 0.29) is 11.9 Å². The Balaban J connectivity index is 1.85. The molecule has 1 amide bonds. The maximum atomic E-state index is 11.9. The molecule has 1 aromatic carbocycles. The van der Waals surface area contributed by atoms with E-state index in [2.05, 4.69) is 10.6 Å². The molecule has 116 valence electrons. The first kappa shape index (κ1) is 15.6. The van der Waals surface area contributed by atoms with Crippen molar-refractivity contribution in [3.8, 4) is 11.5 Å². The van der Waals surface area contributed by atoms with Crippen molar-refractivity contribution in [3.63, 3.8) is 0 Å². The lowest BCUT2D eigenvalue weighted by atomic mass is 10.1. The number of methoxy groups -OCH3 is 1. The summed E-state index contributed by atoms with van der Waals surface area (Å²) in [5.41, 5.74) is 1.08. The van der Waals surface area contributed by atoms with E-state index in [0.717, 1.165) is 36.6 Å². The molecule has 0 spiro atoms. The topological polar surface area (TPSA) is 59.6 Å². The highest BCUT2D eigenvalue weighted by Gasteiger charge is 2.16. The summed E-state index contributed by atoms with van der Waals surface area (Å²) in [6.45, 7) is 4.41. The summed E-state index contributed by atoms with van der Waals surface area (Å²) in [4.78, 5) is 11.9. The molecule has 0 aliphatic carbocycles. The summed E-state index contributed by atoms with van der Waals surface area (Å²) in [7, 11) is 1.63. The molecule has 1 aromatic rings. The second-order valence-electron chi connectivity index (χ2n) is 5.18. The quantitative estimate of drug-likeness (QED) is 0.799. The van der Waals surface area contributed by atoms with Crippen LogP contribution in [0.25, 0.3) is 0 Å². The van der Waals surface area contributed by atoms with Crippen LogP contribution in [0.3, 0.4) is 0 Å². The number of benzene rings is 1. The molecule has 0 bridgehead atoms. The van der Waals surface area contributed by atoms with Gasteiger partial charge < -0.3 is 20.1 Å². The minimum absolute atomic E-state index is 0.108. The van der Waals surface area contributed by atoms with Crippen molar-refractivity contribution in [2.75, 3.05) is 26.8 Å². The predicted molar refractivity (Wildman–Crippen MR) is 81.9 cm³/mol. The van der Waals surface area contributed by atoms with Crippen LogP contribution in [0.1, 0.15) is 25.3 Å². The van der Waals surface area contributed by atoms with Crippen molar-refractivity contribution < 1.29 is 14.3 Å². The molecular weight excluding hydrogens is 268 g/mol. The number of rotatable bonds is 7. The van der Waals surface area contributed by atoms with Crippen LogP contribution in [0.4, 0.5) is 0 Å². The molecule has 5 heteroatoms. The van der Waals surface area contributed by atoms with Crippen LogP contribution in [0.2, 0.25) is 0 Å². The second-order valence-corrected chi connectivity index (χ2v) is 5.18. The van der Waals surface area contributed by atoms with Crippen LogP contribution in [0.5, 0.6) is 11.5 Å². The summed E-state index contributed by atoms with van der Waals surface area (Å²) in [5, 5.41) is 6.29. The van der Waals surface area contributed by atoms with E-state index in [1.165, 1.54) is 0 Å². The largest absolute Gasteiger partial charge is 0.493 e. The van der Waals surface area contributed by atoms with Gasteiger partial charge in [-0.25, -0.2) is 0 Å². The maximum absolute atomic E-state index is 11.9. The third kappa shape index (κ3) is 4.63. The van der Waals surface area contributed by atoms with E-state index in [1.54, 1.807) is 7.11 Å². The standard InChI is InChI=1S/C16H24N2O3/c1-3-21-14-6-4-12(10-15(14)20-2)5-7-16(19)18-13-8-9-17-11-13/h4,6,10,13,17H,3,5,7-9,11H2,1-2H3,(H,18,19). The summed E-state index contributed by atoms with van der Waals surface area (Å²) < 4.78 is 10.8. The molecule has 0 radical (unpaired) electrons. The highest BCUT2D eigenvalue weighted by atomic mass is 16.5. The molecule has 0 aromatic heterocycles. The average molecular weight is 292 g/mol. The normalized spacial score (nSPS) is 17.5. The predicted octanol–water partition coefficient (Wildman–Crippen LogP) is 1.50. The van der Waals surface area contributed by atoms with Gasteiger partial charge in [0.2, 0.25) is 5.91 Å². The number of hydrogen-bond acceptors (Lipinski definition) is 4. The lowest BCUT2D eigenvalue weighted by Gasteiger charge is -2.12. The minimum Gasteiger partial charge on any atom is -0.493 e. The Morgan fingerprint density at radius 1 is 1.43 bits per heavy atom. The SMILES string of the molecule is CCOc1ccc(CCC(=O)NC2CCNC2)cc1OC. The van der Waals surface area contributed by atoms with Crippen LogP contribution in [0.15, 0.2) is 18.2 Å². The van der Waals surface area contributed by atoms with Gasteiger partial charge in [-0.2, -0.15) is 0 Å². The van der Waals surface area contributed by atoms with Crippen molar-refractivity contribution in [1.82, 2.24) is 10.6 Å². The van der Waals surface area contributed by atoms with E-state index in [9.17, 15) is 4.79 Å². The number of aryl methyl sites for hydroxylation is 1. The van der Waals surface area contributed by atoms with Crippen molar-refractivity contribution in [1.29, 1.82) is 0 Å².